The summed E-state index contributed by atoms with van der Waals surface area (Å²) in [6.07, 6.45) is 11.4. The highest BCUT2D eigenvalue weighted by molar-refractivity contribution is 14.0. The molecule has 0 aromatic rings. The minimum Gasteiger partial charge on any atom is -0.377 e. The van der Waals surface area contributed by atoms with Crippen LogP contribution in [0, 0.1) is 17.3 Å². The van der Waals surface area contributed by atoms with E-state index in [0.29, 0.717) is 23.5 Å². The van der Waals surface area contributed by atoms with Gasteiger partial charge in [0, 0.05) is 37.6 Å². The number of aliphatic imine (C=N–C) groups is 1. The lowest BCUT2D eigenvalue weighted by atomic mass is 9.54. The number of rotatable bonds is 3. The molecule has 0 amide bonds. The highest BCUT2D eigenvalue weighted by Gasteiger charge is 2.65. The van der Waals surface area contributed by atoms with Crippen molar-refractivity contribution in [3.8, 4) is 0 Å². The van der Waals surface area contributed by atoms with Crippen LogP contribution in [0.3, 0.4) is 0 Å². The van der Waals surface area contributed by atoms with Gasteiger partial charge in [0.1, 0.15) is 0 Å². The van der Waals surface area contributed by atoms with E-state index in [1.54, 1.807) is 0 Å². The molecule has 1 heterocycles. The van der Waals surface area contributed by atoms with Crippen molar-refractivity contribution in [1.82, 2.24) is 10.6 Å². The first-order valence-electron chi connectivity index (χ1n) is 8.92. The molecule has 0 aromatic carbocycles. The maximum absolute atomic E-state index is 6.06. The Labute approximate surface area is 151 Å². The fourth-order valence-corrected chi connectivity index (χ4v) is 5.18. The molecular formula is C17H30IN3O. The van der Waals surface area contributed by atoms with Crippen molar-refractivity contribution < 1.29 is 4.74 Å². The van der Waals surface area contributed by atoms with Crippen molar-refractivity contribution in [2.75, 3.05) is 20.2 Å². The molecule has 126 valence electrons. The summed E-state index contributed by atoms with van der Waals surface area (Å²) in [5, 5.41) is 7.32. The van der Waals surface area contributed by atoms with Crippen molar-refractivity contribution in [3.63, 3.8) is 0 Å². The first kappa shape index (κ1) is 16.8. The summed E-state index contributed by atoms with van der Waals surface area (Å²) in [6, 6.07) is 0.583. The van der Waals surface area contributed by atoms with Gasteiger partial charge >= 0.3 is 0 Å². The van der Waals surface area contributed by atoms with E-state index >= 15 is 0 Å². The lowest BCUT2D eigenvalue weighted by Gasteiger charge is -2.57. The summed E-state index contributed by atoms with van der Waals surface area (Å²) in [6.45, 7) is 2.05. The highest BCUT2D eigenvalue weighted by atomic mass is 127. The maximum atomic E-state index is 6.06. The zero-order valence-corrected chi connectivity index (χ0v) is 16.0. The molecule has 4 fully saturated rings. The van der Waals surface area contributed by atoms with Crippen LogP contribution in [0.25, 0.3) is 0 Å². The molecule has 0 bridgehead atoms. The molecule has 1 spiro atoms. The number of nitrogens with one attached hydrogen (secondary N) is 2. The third-order valence-electron chi connectivity index (χ3n) is 6.58. The van der Waals surface area contributed by atoms with Gasteiger partial charge in [-0.2, -0.15) is 0 Å². The molecule has 0 radical (unpaired) electrons. The Hall–Kier alpha value is -0.0400. The van der Waals surface area contributed by atoms with Gasteiger partial charge in [0.05, 0.1) is 6.10 Å². The molecule has 4 nitrogen and oxygen atoms in total. The molecule has 3 atom stereocenters. The summed E-state index contributed by atoms with van der Waals surface area (Å²) in [5.74, 6) is 2.60. The van der Waals surface area contributed by atoms with Crippen LogP contribution < -0.4 is 10.6 Å². The Morgan fingerprint density at radius 3 is 2.59 bits per heavy atom. The van der Waals surface area contributed by atoms with Crippen LogP contribution in [0.1, 0.15) is 51.4 Å². The number of hydrogen-bond acceptors (Lipinski definition) is 2. The number of halogens is 1. The van der Waals surface area contributed by atoms with Crippen molar-refractivity contribution in [1.29, 1.82) is 0 Å². The van der Waals surface area contributed by atoms with Crippen LogP contribution in [-0.4, -0.2) is 38.3 Å². The van der Waals surface area contributed by atoms with E-state index in [-0.39, 0.29) is 24.0 Å². The summed E-state index contributed by atoms with van der Waals surface area (Å²) < 4.78 is 6.06. The third-order valence-corrected chi connectivity index (χ3v) is 6.58. The van der Waals surface area contributed by atoms with Crippen LogP contribution in [0.5, 0.6) is 0 Å². The second-order valence-corrected chi connectivity index (χ2v) is 7.56. The van der Waals surface area contributed by atoms with E-state index in [1.165, 1.54) is 51.4 Å². The Morgan fingerprint density at radius 1 is 1.18 bits per heavy atom. The number of nitrogens with zero attached hydrogens (tertiary/aromatic N) is 1. The van der Waals surface area contributed by atoms with E-state index in [9.17, 15) is 0 Å². The van der Waals surface area contributed by atoms with Gasteiger partial charge in [-0.15, -0.1) is 24.0 Å². The van der Waals surface area contributed by atoms with Crippen molar-refractivity contribution in [2.24, 2.45) is 22.2 Å². The van der Waals surface area contributed by atoms with Crippen molar-refractivity contribution in [2.45, 2.75) is 63.5 Å². The van der Waals surface area contributed by atoms with Gasteiger partial charge in [-0.1, -0.05) is 19.3 Å². The van der Waals surface area contributed by atoms with Gasteiger partial charge in [0.15, 0.2) is 5.96 Å². The number of fused-ring (bicyclic) bond motifs is 2. The maximum Gasteiger partial charge on any atom is 0.191 e. The van der Waals surface area contributed by atoms with E-state index in [4.69, 9.17) is 4.74 Å². The molecule has 1 saturated heterocycles. The fourth-order valence-electron chi connectivity index (χ4n) is 5.18. The van der Waals surface area contributed by atoms with E-state index < -0.39 is 0 Å². The van der Waals surface area contributed by atoms with Crippen molar-refractivity contribution in [3.05, 3.63) is 0 Å². The summed E-state index contributed by atoms with van der Waals surface area (Å²) >= 11 is 0. The summed E-state index contributed by atoms with van der Waals surface area (Å²) in [4.78, 5) is 4.46. The lowest BCUT2D eigenvalue weighted by molar-refractivity contribution is -0.125. The Balaban J connectivity index is 0.00000144. The number of guanidine groups is 1. The Bertz CT molecular complexity index is 418. The predicted octanol–water partition coefficient (Wildman–Crippen LogP) is 2.92. The monoisotopic (exact) mass is 419 g/mol. The SMILES string of the molecule is CN=C(NCC1CCC1)NC1C2CCOC2C12CCCC2.I. The van der Waals surface area contributed by atoms with Crippen LogP contribution in [-0.2, 0) is 4.74 Å². The fraction of sp³-hybridized carbons (Fsp3) is 0.941. The largest absolute Gasteiger partial charge is 0.377 e. The van der Waals surface area contributed by atoms with Crippen LogP contribution >= 0.6 is 24.0 Å². The van der Waals surface area contributed by atoms with E-state index in [2.05, 4.69) is 15.6 Å². The molecule has 22 heavy (non-hydrogen) atoms. The standard InChI is InChI=1S/C17H29N3O.HI/c1-18-16(19-11-12-5-4-6-12)20-14-13-7-10-21-15(13)17(14)8-2-3-9-17;/h12-15H,2-11H2,1H3,(H2,18,19,20);1H. The van der Waals surface area contributed by atoms with E-state index in [0.717, 1.165) is 25.0 Å². The molecule has 4 aliphatic rings. The second kappa shape index (κ2) is 6.83. The molecule has 5 heteroatoms. The van der Waals surface area contributed by atoms with Gasteiger partial charge in [0.2, 0.25) is 0 Å². The minimum absolute atomic E-state index is 0. The van der Waals surface area contributed by atoms with Gasteiger partial charge in [-0.25, -0.2) is 0 Å². The van der Waals surface area contributed by atoms with Crippen molar-refractivity contribution >= 4 is 29.9 Å². The average Bonchev–Trinajstić information content (AvgIpc) is 3.08. The molecule has 0 aromatic heterocycles. The zero-order valence-electron chi connectivity index (χ0n) is 13.6. The van der Waals surface area contributed by atoms with E-state index in [1.807, 2.05) is 7.05 Å². The Morgan fingerprint density at radius 2 is 1.95 bits per heavy atom. The highest BCUT2D eigenvalue weighted by Crippen LogP contribution is 2.60. The quantitative estimate of drug-likeness (QED) is 0.420. The second-order valence-electron chi connectivity index (χ2n) is 7.56. The van der Waals surface area contributed by atoms with Gasteiger partial charge in [-0.05, 0) is 38.0 Å². The minimum atomic E-state index is 0. The average molecular weight is 419 g/mol. The molecule has 2 N–H and O–H groups in total. The van der Waals surface area contributed by atoms with Gasteiger partial charge < -0.3 is 15.4 Å². The third kappa shape index (κ3) is 2.66. The van der Waals surface area contributed by atoms with Gasteiger partial charge in [0.25, 0.3) is 0 Å². The van der Waals surface area contributed by atoms with Crippen LogP contribution in [0.4, 0.5) is 0 Å². The normalized spacial score (nSPS) is 36.2. The smallest absolute Gasteiger partial charge is 0.191 e. The summed E-state index contributed by atoms with van der Waals surface area (Å²) in [5.41, 5.74) is 0.412. The predicted molar refractivity (Wildman–Crippen MR) is 99.8 cm³/mol. The zero-order chi connectivity index (χ0) is 14.3. The first-order chi connectivity index (χ1) is 10.3. The molecule has 3 saturated carbocycles. The molecule has 4 rings (SSSR count). The van der Waals surface area contributed by atoms with Crippen LogP contribution in [0.15, 0.2) is 4.99 Å². The number of hydrogen-bond donors (Lipinski definition) is 2. The van der Waals surface area contributed by atoms with Gasteiger partial charge in [-0.3, -0.25) is 4.99 Å². The first-order valence-corrected chi connectivity index (χ1v) is 8.92. The molecular weight excluding hydrogens is 389 g/mol. The Kier molecular flexibility index (Phi) is 5.22. The molecule has 1 aliphatic heterocycles. The van der Waals surface area contributed by atoms with Crippen LogP contribution in [0.2, 0.25) is 0 Å². The number of ether oxygens (including phenoxy) is 1. The lowest BCUT2D eigenvalue weighted by Crippen LogP contribution is -2.69. The topological polar surface area (TPSA) is 45.7 Å². The molecule has 3 unspecified atom stereocenters. The summed E-state index contributed by atoms with van der Waals surface area (Å²) in [7, 11) is 1.90. The molecule has 3 aliphatic carbocycles.